The van der Waals surface area contributed by atoms with Crippen molar-refractivity contribution in [3.05, 3.63) is 59.8 Å². The molecule has 0 saturated heterocycles. The van der Waals surface area contributed by atoms with Gasteiger partial charge in [0, 0.05) is 30.9 Å². The largest absolute Gasteiger partial charge is 0.480 e. The second kappa shape index (κ2) is 9.85. The summed E-state index contributed by atoms with van der Waals surface area (Å²) >= 11 is 0. The predicted octanol–water partition coefficient (Wildman–Crippen LogP) is 3.05. The molecule has 0 bridgehead atoms. The van der Waals surface area contributed by atoms with Crippen molar-refractivity contribution in [1.82, 2.24) is 10.3 Å². The van der Waals surface area contributed by atoms with Gasteiger partial charge in [0.15, 0.2) is 0 Å². The van der Waals surface area contributed by atoms with Crippen molar-refractivity contribution < 1.29 is 24.2 Å². The Morgan fingerprint density at radius 3 is 2.54 bits per heavy atom. The van der Waals surface area contributed by atoms with E-state index < -0.39 is 17.9 Å². The highest BCUT2D eigenvalue weighted by Crippen LogP contribution is 2.13. The van der Waals surface area contributed by atoms with Gasteiger partial charge >= 0.3 is 5.97 Å². The molecule has 150 valence electrons. The highest BCUT2D eigenvalue weighted by Gasteiger charge is 2.22. The number of carbonyl (C=O) groups is 2. The first-order valence-corrected chi connectivity index (χ1v) is 9.05. The Morgan fingerprint density at radius 1 is 1.18 bits per heavy atom. The minimum absolute atomic E-state index is 0.167. The van der Waals surface area contributed by atoms with E-state index in [1.807, 2.05) is 51.1 Å². The van der Waals surface area contributed by atoms with Crippen LogP contribution in [0.5, 0.6) is 5.88 Å². The lowest BCUT2D eigenvalue weighted by Crippen LogP contribution is -2.42. The van der Waals surface area contributed by atoms with Gasteiger partial charge in [0.1, 0.15) is 12.6 Å². The number of carbonyl (C=O) groups excluding carboxylic acids is 1. The molecule has 2 rings (SSSR count). The number of benzene rings is 1. The lowest BCUT2D eigenvalue weighted by molar-refractivity contribution is -0.140. The van der Waals surface area contributed by atoms with Crippen molar-refractivity contribution in [3.8, 4) is 5.88 Å². The van der Waals surface area contributed by atoms with Crippen LogP contribution < -0.4 is 10.1 Å². The lowest BCUT2D eigenvalue weighted by Gasteiger charge is -2.21. The molecule has 0 aliphatic heterocycles. The van der Waals surface area contributed by atoms with Crippen molar-refractivity contribution in [2.45, 2.75) is 45.4 Å². The minimum atomic E-state index is -1.11. The van der Waals surface area contributed by atoms with E-state index in [4.69, 9.17) is 9.47 Å². The van der Waals surface area contributed by atoms with Crippen molar-refractivity contribution in [1.29, 1.82) is 0 Å². The first-order valence-electron chi connectivity index (χ1n) is 9.05. The number of nitrogens with one attached hydrogen (secondary N) is 1. The molecule has 0 aliphatic carbocycles. The van der Waals surface area contributed by atoms with E-state index in [1.165, 1.54) is 18.3 Å². The van der Waals surface area contributed by atoms with Crippen LogP contribution in [0.2, 0.25) is 0 Å². The zero-order chi connectivity index (χ0) is 20.6. The van der Waals surface area contributed by atoms with E-state index >= 15 is 0 Å². The van der Waals surface area contributed by atoms with Crippen LogP contribution in [0.15, 0.2) is 48.7 Å². The number of hydrogen-bond acceptors (Lipinski definition) is 5. The van der Waals surface area contributed by atoms with E-state index in [2.05, 4.69) is 10.3 Å². The van der Waals surface area contributed by atoms with Gasteiger partial charge in [0.05, 0.1) is 5.60 Å². The van der Waals surface area contributed by atoms with Crippen LogP contribution in [-0.4, -0.2) is 40.2 Å². The average Bonchev–Trinajstić information content (AvgIpc) is 2.65. The number of nitrogens with zero attached hydrogens (tertiary/aromatic N) is 1. The van der Waals surface area contributed by atoms with E-state index in [1.54, 1.807) is 0 Å². The summed E-state index contributed by atoms with van der Waals surface area (Å²) in [6.45, 7) is 6.20. The summed E-state index contributed by atoms with van der Waals surface area (Å²) in [6, 6.07) is 11.5. The fourth-order valence-corrected chi connectivity index (χ4v) is 2.34. The van der Waals surface area contributed by atoms with Gasteiger partial charge < -0.3 is 19.9 Å². The smallest absolute Gasteiger partial charge is 0.326 e. The first-order chi connectivity index (χ1) is 13.2. The van der Waals surface area contributed by atoms with Gasteiger partial charge in [-0.15, -0.1) is 0 Å². The Labute approximate surface area is 164 Å². The number of aromatic nitrogens is 1. The number of amides is 1. The van der Waals surface area contributed by atoms with Gasteiger partial charge in [0.2, 0.25) is 5.88 Å². The fraction of sp³-hybridized carbons (Fsp3) is 0.381. The molecule has 1 aromatic heterocycles. The van der Waals surface area contributed by atoms with Gasteiger partial charge in [-0.25, -0.2) is 9.78 Å². The second-order valence-electron chi connectivity index (χ2n) is 7.27. The normalized spacial score (nSPS) is 12.2. The Balaban J connectivity index is 1.95. The predicted molar refractivity (Wildman–Crippen MR) is 104 cm³/mol. The topological polar surface area (TPSA) is 97.8 Å². The van der Waals surface area contributed by atoms with Crippen LogP contribution in [-0.2, 0) is 16.1 Å². The first kappa shape index (κ1) is 21.4. The van der Waals surface area contributed by atoms with Crippen molar-refractivity contribution in [2.75, 3.05) is 6.61 Å². The van der Waals surface area contributed by atoms with E-state index in [0.29, 0.717) is 12.5 Å². The lowest BCUT2D eigenvalue weighted by atomic mass is 10.1. The van der Waals surface area contributed by atoms with Crippen LogP contribution >= 0.6 is 0 Å². The molecule has 0 fully saturated rings. The zero-order valence-corrected chi connectivity index (χ0v) is 16.3. The van der Waals surface area contributed by atoms with Gasteiger partial charge in [-0.1, -0.05) is 30.3 Å². The molecule has 28 heavy (non-hydrogen) atoms. The summed E-state index contributed by atoms with van der Waals surface area (Å²) in [5.74, 6) is -1.32. The van der Waals surface area contributed by atoms with Gasteiger partial charge in [-0.05, 0) is 32.4 Å². The van der Waals surface area contributed by atoms with Crippen molar-refractivity contribution in [2.24, 2.45) is 0 Å². The maximum atomic E-state index is 12.4. The molecule has 1 atom stereocenters. The number of carboxylic acid groups (broad SMARTS) is 1. The average molecular weight is 386 g/mol. The third-order valence-electron chi connectivity index (χ3n) is 3.77. The summed E-state index contributed by atoms with van der Waals surface area (Å²) in [5.41, 5.74) is 0.883. The van der Waals surface area contributed by atoms with Gasteiger partial charge in [0.25, 0.3) is 5.91 Å². The Bertz CT molecular complexity index is 787. The van der Waals surface area contributed by atoms with Crippen molar-refractivity contribution >= 4 is 11.9 Å². The Hall–Kier alpha value is -2.93. The molecule has 2 aromatic rings. The summed E-state index contributed by atoms with van der Waals surface area (Å²) in [6.07, 6.45) is 1.62. The van der Waals surface area contributed by atoms with Crippen LogP contribution in [0.1, 0.15) is 43.1 Å². The quantitative estimate of drug-likeness (QED) is 0.687. The molecule has 0 saturated carbocycles. The molecule has 7 heteroatoms. The number of aliphatic carboxylic acids is 1. The van der Waals surface area contributed by atoms with Gasteiger partial charge in [-0.2, -0.15) is 0 Å². The number of carboxylic acids is 1. The van der Waals surface area contributed by atoms with Crippen LogP contribution in [0.3, 0.4) is 0 Å². The molecule has 0 spiro atoms. The van der Waals surface area contributed by atoms with E-state index in [0.717, 1.165) is 5.56 Å². The van der Waals surface area contributed by atoms with Crippen molar-refractivity contribution in [3.63, 3.8) is 0 Å². The second-order valence-corrected chi connectivity index (χ2v) is 7.27. The molecular formula is C21H26N2O5. The molecule has 0 aliphatic rings. The van der Waals surface area contributed by atoms with Crippen LogP contribution in [0.4, 0.5) is 0 Å². The molecule has 1 amide bonds. The molecular weight excluding hydrogens is 360 g/mol. The van der Waals surface area contributed by atoms with E-state index in [9.17, 15) is 14.7 Å². The maximum absolute atomic E-state index is 12.4. The Morgan fingerprint density at radius 2 is 1.89 bits per heavy atom. The molecule has 1 heterocycles. The molecule has 2 N–H and O–H groups in total. The monoisotopic (exact) mass is 386 g/mol. The number of hydrogen-bond donors (Lipinski definition) is 2. The molecule has 1 aromatic carbocycles. The Kier molecular flexibility index (Phi) is 7.52. The minimum Gasteiger partial charge on any atom is -0.480 e. The maximum Gasteiger partial charge on any atom is 0.326 e. The highest BCUT2D eigenvalue weighted by atomic mass is 16.5. The summed E-state index contributed by atoms with van der Waals surface area (Å²) in [5, 5.41) is 11.9. The number of ether oxygens (including phenoxy) is 2. The number of rotatable bonds is 9. The van der Waals surface area contributed by atoms with Crippen LogP contribution in [0, 0.1) is 0 Å². The summed E-state index contributed by atoms with van der Waals surface area (Å²) in [4.78, 5) is 28.0. The summed E-state index contributed by atoms with van der Waals surface area (Å²) in [7, 11) is 0. The number of pyridine rings is 1. The summed E-state index contributed by atoms with van der Waals surface area (Å²) < 4.78 is 11.2. The molecule has 1 unspecified atom stereocenters. The molecule has 0 radical (unpaired) electrons. The van der Waals surface area contributed by atoms with Crippen LogP contribution in [0.25, 0.3) is 0 Å². The zero-order valence-electron chi connectivity index (χ0n) is 16.3. The standard InChI is InChI=1S/C21H26N2O5/c1-21(2,3)28-12-10-17(20(25)26)23-19(24)16-9-11-22-18(13-16)27-14-15-7-5-4-6-8-15/h4-9,11,13,17H,10,12,14H2,1-3H3,(H,23,24)(H,25,26). The molecule has 7 nitrogen and oxygen atoms in total. The van der Waals surface area contributed by atoms with E-state index in [-0.39, 0.29) is 24.2 Å². The van der Waals surface area contributed by atoms with Gasteiger partial charge in [-0.3, -0.25) is 4.79 Å². The third kappa shape index (κ3) is 7.36. The highest BCUT2D eigenvalue weighted by molar-refractivity contribution is 5.96. The third-order valence-corrected chi connectivity index (χ3v) is 3.77. The fourth-order valence-electron chi connectivity index (χ4n) is 2.34. The SMILES string of the molecule is CC(C)(C)OCCC(NC(=O)c1ccnc(OCc2ccccc2)c1)C(=O)O.